The Morgan fingerprint density at radius 3 is 1.30 bits per heavy atom. The van der Waals surface area contributed by atoms with Crippen molar-refractivity contribution in [1.29, 1.82) is 0 Å². The average molecular weight is 796 g/mol. The van der Waals surface area contributed by atoms with E-state index in [1.54, 1.807) is 11.3 Å². The quantitative estimate of drug-likeness (QED) is 0.154. The second kappa shape index (κ2) is 15.8. The molecule has 0 aliphatic carbocycles. The molecule has 0 N–H and O–H groups in total. The Morgan fingerprint density at radius 2 is 0.656 bits per heavy atom. The van der Waals surface area contributed by atoms with E-state index in [1.165, 1.54) is 53.7 Å². The minimum atomic E-state index is 0.643. The van der Waals surface area contributed by atoms with Crippen LogP contribution in [0.1, 0.15) is 0 Å². The molecule has 2 heterocycles. The van der Waals surface area contributed by atoms with Crippen LogP contribution in [-0.2, 0) is 0 Å². The minimum absolute atomic E-state index is 0.643. The smallest absolute Gasteiger partial charge is 0.164 e. The Hall–Kier alpha value is -7.79. The van der Waals surface area contributed by atoms with Crippen molar-refractivity contribution in [2.24, 2.45) is 0 Å². The van der Waals surface area contributed by atoms with Gasteiger partial charge in [-0.05, 0) is 79.9 Å². The highest BCUT2D eigenvalue weighted by Gasteiger charge is 2.18. The van der Waals surface area contributed by atoms with E-state index in [1.807, 2.05) is 24.3 Å². The molecule has 0 amide bonds. The standard InChI is InChI=1S/C57H37N3S/c1-4-14-38(15-5-1)40-26-30-42(31-27-40)48-22-10-11-23-49(48)43-32-28-41(29-33-43)46-34-35-52-51(37-46)54-50(24-13-25-53(54)61-52)57-59-55(44-18-8-3-9-19-44)58-56(60-57)47-21-12-20-45(36-47)39-16-6-2-7-17-39/h1-37H. The Kier molecular flexibility index (Phi) is 9.38. The average Bonchev–Trinajstić information content (AvgIpc) is 3.73. The summed E-state index contributed by atoms with van der Waals surface area (Å²) in [5, 5.41) is 2.35. The van der Waals surface area contributed by atoms with Gasteiger partial charge in [-0.1, -0.05) is 200 Å². The molecule has 0 atom stereocenters. The summed E-state index contributed by atoms with van der Waals surface area (Å²) in [5.74, 6) is 1.95. The van der Waals surface area contributed by atoms with Crippen LogP contribution in [0.25, 0.3) is 110 Å². The van der Waals surface area contributed by atoms with Crippen molar-refractivity contribution in [3.05, 3.63) is 224 Å². The lowest BCUT2D eigenvalue weighted by Crippen LogP contribution is -2.00. The van der Waals surface area contributed by atoms with Gasteiger partial charge in [0.15, 0.2) is 17.5 Å². The van der Waals surface area contributed by atoms with Crippen molar-refractivity contribution >= 4 is 31.5 Å². The van der Waals surface area contributed by atoms with Crippen LogP contribution in [0.3, 0.4) is 0 Å². The number of hydrogen-bond acceptors (Lipinski definition) is 4. The summed E-state index contributed by atoms with van der Waals surface area (Å²) in [4.78, 5) is 15.4. The molecule has 9 aromatic carbocycles. The SMILES string of the molecule is c1ccc(-c2ccc(-c3ccccc3-c3ccc(-c4ccc5sc6cccc(-c7nc(-c8ccccc8)nc(-c8cccc(-c9ccccc9)c8)n7)c6c5c4)cc3)cc2)cc1. The molecule has 0 aliphatic rings. The summed E-state index contributed by atoms with van der Waals surface area (Å²) in [7, 11) is 0. The molecule has 4 heteroatoms. The van der Waals surface area contributed by atoms with Gasteiger partial charge in [-0.3, -0.25) is 0 Å². The van der Waals surface area contributed by atoms with Crippen LogP contribution < -0.4 is 0 Å². The molecule has 0 saturated heterocycles. The molecule has 0 saturated carbocycles. The summed E-state index contributed by atoms with van der Waals surface area (Å²) >= 11 is 1.80. The van der Waals surface area contributed by atoms with Crippen LogP contribution in [-0.4, -0.2) is 15.0 Å². The van der Waals surface area contributed by atoms with Gasteiger partial charge in [-0.15, -0.1) is 11.3 Å². The normalized spacial score (nSPS) is 11.3. The third-order valence-corrected chi connectivity index (χ3v) is 12.5. The molecule has 0 fully saturated rings. The first kappa shape index (κ1) is 36.3. The second-order valence-electron chi connectivity index (χ2n) is 15.2. The summed E-state index contributed by atoms with van der Waals surface area (Å²) in [5.41, 5.74) is 14.7. The van der Waals surface area contributed by atoms with Crippen LogP contribution in [0, 0.1) is 0 Å². The molecule has 0 radical (unpaired) electrons. The first-order valence-electron chi connectivity index (χ1n) is 20.5. The molecular formula is C57H37N3S. The van der Waals surface area contributed by atoms with Gasteiger partial charge in [0.2, 0.25) is 0 Å². The van der Waals surface area contributed by atoms with E-state index in [-0.39, 0.29) is 0 Å². The summed E-state index contributed by atoms with van der Waals surface area (Å²) in [6.45, 7) is 0. The fourth-order valence-electron chi connectivity index (χ4n) is 8.30. The predicted molar refractivity (Wildman–Crippen MR) is 256 cm³/mol. The fraction of sp³-hybridized carbons (Fsp3) is 0. The van der Waals surface area contributed by atoms with E-state index < -0.39 is 0 Å². The number of aromatic nitrogens is 3. The van der Waals surface area contributed by atoms with Crippen molar-refractivity contribution in [2.75, 3.05) is 0 Å². The van der Waals surface area contributed by atoms with Crippen molar-refractivity contribution in [3.63, 3.8) is 0 Å². The molecule has 0 aliphatic heterocycles. The Bertz CT molecular complexity index is 3320. The van der Waals surface area contributed by atoms with Gasteiger partial charge in [0.25, 0.3) is 0 Å². The lowest BCUT2D eigenvalue weighted by molar-refractivity contribution is 1.08. The highest BCUT2D eigenvalue weighted by molar-refractivity contribution is 7.26. The minimum Gasteiger partial charge on any atom is -0.208 e. The largest absolute Gasteiger partial charge is 0.208 e. The molecular weight excluding hydrogens is 759 g/mol. The van der Waals surface area contributed by atoms with Crippen molar-refractivity contribution in [1.82, 2.24) is 15.0 Å². The van der Waals surface area contributed by atoms with E-state index in [2.05, 4.69) is 200 Å². The van der Waals surface area contributed by atoms with Crippen LogP contribution in [0.4, 0.5) is 0 Å². The number of benzene rings is 9. The number of hydrogen-bond donors (Lipinski definition) is 0. The Labute approximate surface area is 359 Å². The maximum Gasteiger partial charge on any atom is 0.164 e. The van der Waals surface area contributed by atoms with Gasteiger partial charge in [-0.2, -0.15) is 0 Å². The van der Waals surface area contributed by atoms with E-state index in [0.29, 0.717) is 17.5 Å². The molecule has 286 valence electrons. The second-order valence-corrected chi connectivity index (χ2v) is 16.3. The van der Waals surface area contributed by atoms with Crippen molar-refractivity contribution < 1.29 is 0 Å². The highest BCUT2D eigenvalue weighted by Crippen LogP contribution is 2.42. The van der Waals surface area contributed by atoms with E-state index >= 15 is 0 Å². The molecule has 0 unspecified atom stereocenters. The first-order chi connectivity index (χ1) is 30.2. The molecule has 0 spiro atoms. The van der Waals surface area contributed by atoms with E-state index in [9.17, 15) is 0 Å². The molecule has 11 aromatic rings. The molecule has 0 bridgehead atoms. The van der Waals surface area contributed by atoms with Gasteiger partial charge in [0, 0.05) is 36.9 Å². The summed E-state index contributed by atoms with van der Waals surface area (Å²) in [6, 6.07) is 79.5. The molecule has 2 aromatic heterocycles. The fourth-order valence-corrected chi connectivity index (χ4v) is 9.42. The van der Waals surface area contributed by atoms with Gasteiger partial charge in [-0.25, -0.2) is 15.0 Å². The monoisotopic (exact) mass is 795 g/mol. The molecule has 61 heavy (non-hydrogen) atoms. The number of fused-ring (bicyclic) bond motifs is 3. The van der Waals surface area contributed by atoms with Crippen LogP contribution in [0.5, 0.6) is 0 Å². The molecule has 11 rings (SSSR count). The zero-order valence-electron chi connectivity index (χ0n) is 33.1. The van der Waals surface area contributed by atoms with Gasteiger partial charge in [0.05, 0.1) is 0 Å². The number of thiophene rings is 1. The predicted octanol–water partition coefficient (Wildman–Crippen LogP) is 15.6. The van der Waals surface area contributed by atoms with Crippen LogP contribution in [0.15, 0.2) is 224 Å². The maximum absolute atomic E-state index is 5.22. The Morgan fingerprint density at radius 1 is 0.246 bits per heavy atom. The van der Waals surface area contributed by atoms with Crippen molar-refractivity contribution in [3.8, 4) is 89.8 Å². The zero-order chi connectivity index (χ0) is 40.5. The highest BCUT2D eigenvalue weighted by atomic mass is 32.1. The number of nitrogens with zero attached hydrogens (tertiary/aromatic N) is 3. The van der Waals surface area contributed by atoms with E-state index in [0.717, 1.165) is 38.8 Å². The lowest BCUT2D eigenvalue weighted by Gasteiger charge is -2.12. The number of rotatable bonds is 8. The van der Waals surface area contributed by atoms with Gasteiger partial charge < -0.3 is 0 Å². The van der Waals surface area contributed by atoms with E-state index in [4.69, 9.17) is 15.0 Å². The first-order valence-corrected chi connectivity index (χ1v) is 21.3. The van der Waals surface area contributed by atoms with Gasteiger partial charge >= 0.3 is 0 Å². The summed E-state index contributed by atoms with van der Waals surface area (Å²) < 4.78 is 2.42. The zero-order valence-corrected chi connectivity index (χ0v) is 33.9. The van der Waals surface area contributed by atoms with Gasteiger partial charge in [0.1, 0.15) is 0 Å². The molecule has 3 nitrogen and oxygen atoms in total. The van der Waals surface area contributed by atoms with Crippen LogP contribution in [0.2, 0.25) is 0 Å². The maximum atomic E-state index is 5.22. The third-order valence-electron chi connectivity index (χ3n) is 11.4. The lowest BCUT2D eigenvalue weighted by atomic mass is 9.92. The van der Waals surface area contributed by atoms with Crippen molar-refractivity contribution in [2.45, 2.75) is 0 Å². The van der Waals surface area contributed by atoms with Crippen LogP contribution >= 0.6 is 11.3 Å². The summed E-state index contributed by atoms with van der Waals surface area (Å²) in [6.07, 6.45) is 0. The topological polar surface area (TPSA) is 38.7 Å². The Balaban J connectivity index is 0.972. The third kappa shape index (κ3) is 7.09.